The maximum atomic E-state index is 12.0. The van der Waals surface area contributed by atoms with Crippen LogP contribution >= 0.6 is 7.72 Å². The number of likely N-dealkylation sites (N-methyl/N-ethyl adjacent to an activating group) is 1. The molecule has 0 radical (unpaired) electrons. The lowest BCUT2D eigenvalue weighted by Crippen LogP contribution is -2.51. The standard InChI is InChI=1S/C11H22N3O5P/c1-4-5-8(13)10(15)14(3)9(11(16)17)6-20(18,19)7(2)12/h8-9,12,18-19H,4-6,13H2,1-3H3/p+1/t8-,9?/m0/s1. The van der Waals surface area contributed by atoms with Gasteiger partial charge in [0.1, 0.15) is 6.16 Å². The number of hydrogen-bond acceptors (Lipinski definition) is 6. The van der Waals surface area contributed by atoms with Gasteiger partial charge in [-0.2, -0.15) is 0 Å². The van der Waals surface area contributed by atoms with Gasteiger partial charge in [-0.1, -0.05) is 13.3 Å². The average molecular weight is 308 g/mol. The Morgan fingerprint density at radius 2 is 1.90 bits per heavy atom. The van der Waals surface area contributed by atoms with Gasteiger partial charge in [0.15, 0.2) is 6.04 Å². The van der Waals surface area contributed by atoms with Crippen molar-refractivity contribution in [3.8, 4) is 0 Å². The summed E-state index contributed by atoms with van der Waals surface area (Å²) in [5.74, 6) is -1.93. The van der Waals surface area contributed by atoms with Crippen molar-refractivity contribution in [2.24, 2.45) is 5.73 Å². The fourth-order valence-corrected chi connectivity index (χ4v) is 2.75. The van der Waals surface area contributed by atoms with Crippen molar-refractivity contribution in [2.75, 3.05) is 13.2 Å². The average Bonchev–Trinajstić information content (AvgIpc) is 2.34. The van der Waals surface area contributed by atoms with Crippen molar-refractivity contribution in [2.45, 2.75) is 38.8 Å². The molecule has 0 aromatic carbocycles. The predicted octanol–water partition coefficient (Wildman–Crippen LogP) is -0.145. The first-order valence-electron chi connectivity index (χ1n) is 6.18. The Hall–Kier alpha value is -1.08. The van der Waals surface area contributed by atoms with Gasteiger partial charge in [0, 0.05) is 14.0 Å². The third kappa shape index (κ3) is 5.13. The lowest BCUT2D eigenvalue weighted by atomic mass is 10.1. The Morgan fingerprint density at radius 3 is 2.25 bits per heavy atom. The van der Waals surface area contributed by atoms with E-state index in [1.54, 1.807) is 0 Å². The zero-order valence-electron chi connectivity index (χ0n) is 11.9. The maximum Gasteiger partial charge on any atom is 0.330 e. The molecule has 0 rings (SSSR count). The van der Waals surface area contributed by atoms with Gasteiger partial charge in [0.2, 0.25) is 11.4 Å². The molecule has 9 heteroatoms. The van der Waals surface area contributed by atoms with Crippen molar-refractivity contribution in [3.63, 3.8) is 0 Å². The third-order valence-corrected chi connectivity index (χ3v) is 4.91. The van der Waals surface area contributed by atoms with E-state index in [1.165, 1.54) is 14.0 Å². The molecule has 8 nitrogen and oxygen atoms in total. The van der Waals surface area contributed by atoms with Crippen LogP contribution < -0.4 is 5.73 Å². The second-order valence-corrected chi connectivity index (χ2v) is 7.19. The Balaban J connectivity index is 5.06. The fourth-order valence-electron chi connectivity index (χ4n) is 1.59. The molecular formula is C11H23N3O5P+. The summed E-state index contributed by atoms with van der Waals surface area (Å²) in [5, 5.41) is 16.4. The minimum atomic E-state index is -3.80. The van der Waals surface area contributed by atoms with Crippen molar-refractivity contribution in [1.29, 1.82) is 5.41 Å². The number of rotatable bonds is 8. The second kappa shape index (κ2) is 7.64. The number of nitrogens with zero attached hydrogens (tertiary/aromatic N) is 1. The van der Waals surface area contributed by atoms with Crippen LogP contribution in [0.2, 0.25) is 0 Å². The number of amides is 1. The summed E-state index contributed by atoms with van der Waals surface area (Å²) < 4.78 is 0. The highest BCUT2D eigenvalue weighted by atomic mass is 31.2. The Morgan fingerprint density at radius 1 is 1.40 bits per heavy atom. The minimum absolute atomic E-state index is 0.387. The van der Waals surface area contributed by atoms with Crippen LogP contribution in [-0.4, -0.2) is 62.4 Å². The second-order valence-electron chi connectivity index (χ2n) is 4.70. The highest BCUT2D eigenvalue weighted by molar-refractivity contribution is 7.81. The monoisotopic (exact) mass is 308 g/mol. The Kier molecular flexibility index (Phi) is 7.22. The van der Waals surface area contributed by atoms with E-state index in [0.717, 1.165) is 4.90 Å². The van der Waals surface area contributed by atoms with Crippen LogP contribution in [0.5, 0.6) is 0 Å². The summed E-state index contributed by atoms with van der Waals surface area (Å²) in [6, 6.07) is -2.24. The summed E-state index contributed by atoms with van der Waals surface area (Å²) >= 11 is 0. The first-order chi connectivity index (χ1) is 9.04. The number of carboxylic acid groups (broad SMARTS) is 1. The van der Waals surface area contributed by atoms with Gasteiger partial charge in [-0.15, -0.1) is 0 Å². The van der Waals surface area contributed by atoms with E-state index in [0.29, 0.717) is 12.8 Å². The Bertz CT molecular complexity index is 388. The van der Waals surface area contributed by atoms with E-state index in [-0.39, 0.29) is 5.45 Å². The third-order valence-electron chi connectivity index (χ3n) is 2.98. The first kappa shape index (κ1) is 18.9. The van der Waals surface area contributed by atoms with Crippen LogP contribution in [0.3, 0.4) is 0 Å². The van der Waals surface area contributed by atoms with Crippen LogP contribution in [0.25, 0.3) is 0 Å². The van der Waals surface area contributed by atoms with Gasteiger partial charge in [-0.05, 0) is 6.42 Å². The van der Waals surface area contributed by atoms with Gasteiger partial charge in [0.25, 0.3) is 0 Å². The van der Waals surface area contributed by atoms with Crippen molar-refractivity contribution < 1.29 is 24.5 Å². The van der Waals surface area contributed by atoms with Crippen LogP contribution in [0.15, 0.2) is 0 Å². The number of nitrogens with one attached hydrogen (secondary N) is 1. The SMILES string of the molecule is CCC[C@H](N)C(=O)N(C)C(C[P+](O)(O)C(C)=N)C(=O)O. The molecule has 0 bridgehead atoms. The van der Waals surface area contributed by atoms with Crippen LogP contribution in [0.1, 0.15) is 26.7 Å². The number of nitrogens with two attached hydrogens (primary N) is 1. The zero-order valence-corrected chi connectivity index (χ0v) is 12.8. The van der Waals surface area contributed by atoms with Crippen molar-refractivity contribution in [3.05, 3.63) is 0 Å². The van der Waals surface area contributed by atoms with E-state index in [4.69, 9.17) is 16.2 Å². The normalized spacial score (nSPS) is 14.5. The number of hydrogen-bond donors (Lipinski definition) is 5. The van der Waals surface area contributed by atoms with Gasteiger partial charge in [-0.25, -0.2) is 14.6 Å². The van der Waals surface area contributed by atoms with Gasteiger partial charge in [-0.3, -0.25) is 10.2 Å². The molecule has 0 spiro atoms. The summed E-state index contributed by atoms with van der Waals surface area (Å²) in [6.45, 7) is 3.04. The lowest BCUT2D eigenvalue weighted by molar-refractivity contribution is -0.148. The molecule has 0 fully saturated rings. The highest BCUT2D eigenvalue weighted by Gasteiger charge is 2.45. The smallest absolute Gasteiger partial charge is 0.330 e. The topological polar surface area (TPSA) is 148 Å². The molecule has 1 unspecified atom stereocenters. The molecule has 0 heterocycles. The number of aliphatic carboxylic acids is 1. The van der Waals surface area contributed by atoms with Crippen molar-refractivity contribution >= 4 is 25.0 Å². The Labute approximate surface area is 118 Å². The number of carboxylic acids is 1. The summed E-state index contributed by atoms with van der Waals surface area (Å²) in [6.07, 6.45) is 0.505. The number of carbonyl (C=O) groups is 2. The molecule has 2 atom stereocenters. The van der Waals surface area contributed by atoms with E-state index in [1.807, 2.05) is 6.92 Å². The predicted molar refractivity (Wildman–Crippen MR) is 76.7 cm³/mol. The van der Waals surface area contributed by atoms with E-state index in [2.05, 4.69) is 0 Å². The molecular weight excluding hydrogens is 285 g/mol. The van der Waals surface area contributed by atoms with Crippen molar-refractivity contribution in [1.82, 2.24) is 4.90 Å². The van der Waals surface area contributed by atoms with E-state index in [9.17, 15) is 19.4 Å². The zero-order chi connectivity index (χ0) is 16.1. The van der Waals surface area contributed by atoms with Gasteiger partial charge < -0.3 is 15.7 Å². The molecule has 0 saturated heterocycles. The van der Waals surface area contributed by atoms with E-state index >= 15 is 0 Å². The van der Waals surface area contributed by atoms with Crippen LogP contribution in [0, 0.1) is 5.41 Å². The molecule has 0 saturated carbocycles. The van der Waals surface area contributed by atoms with Gasteiger partial charge in [0.05, 0.1) is 6.04 Å². The summed E-state index contributed by atoms with van der Waals surface area (Å²) in [5.41, 5.74) is 5.26. The fraction of sp³-hybridized carbons (Fsp3) is 0.727. The molecule has 1 amide bonds. The molecule has 20 heavy (non-hydrogen) atoms. The van der Waals surface area contributed by atoms with E-state index < -0.39 is 37.8 Å². The largest absolute Gasteiger partial charge is 0.480 e. The lowest BCUT2D eigenvalue weighted by Gasteiger charge is -2.27. The first-order valence-corrected chi connectivity index (χ1v) is 8.06. The molecule has 0 aliphatic carbocycles. The minimum Gasteiger partial charge on any atom is -0.480 e. The quantitative estimate of drug-likeness (QED) is 0.311. The number of carbonyl (C=O) groups excluding carboxylic acids is 1. The molecule has 116 valence electrons. The van der Waals surface area contributed by atoms with Gasteiger partial charge >= 0.3 is 13.7 Å². The van der Waals surface area contributed by atoms with Crippen LogP contribution in [0.4, 0.5) is 0 Å². The molecule has 0 aromatic heterocycles. The highest BCUT2D eigenvalue weighted by Crippen LogP contribution is 2.51. The summed E-state index contributed by atoms with van der Waals surface area (Å²) in [7, 11) is -2.54. The van der Waals surface area contributed by atoms with Crippen LogP contribution in [-0.2, 0) is 9.59 Å². The molecule has 0 aliphatic heterocycles. The molecule has 6 N–H and O–H groups in total. The maximum absolute atomic E-state index is 12.0. The molecule has 0 aromatic rings. The molecule has 0 aliphatic rings. The summed E-state index contributed by atoms with van der Waals surface area (Å²) in [4.78, 5) is 43.5.